The predicted octanol–water partition coefficient (Wildman–Crippen LogP) is 2.18. The van der Waals surface area contributed by atoms with Crippen molar-refractivity contribution in [1.29, 1.82) is 0 Å². The van der Waals surface area contributed by atoms with Gasteiger partial charge in [-0.2, -0.15) is 0 Å². The minimum Gasteiger partial charge on any atom is -0.507 e. The van der Waals surface area contributed by atoms with Crippen LogP contribution in [0, 0.1) is 0 Å². The summed E-state index contributed by atoms with van der Waals surface area (Å²) < 4.78 is 6.28. The van der Waals surface area contributed by atoms with E-state index in [1.54, 1.807) is 29.2 Å². The number of likely N-dealkylation sites (tertiary alicyclic amines) is 1. The van der Waals surface area contributed by atoms with E-state index in [2.05, 4.69) is 15.9 Å². The molecule has 2 aliphatic rings. The molecule has 0 unspecified atom stereocenters. The normalized spacial score (nSPS) is 21.6. The maximum atomic E-state index is 13.0. The van der Waals surface area contributed by atoms with Gasteiger partial charge in [0.05, 0.1) is 31.4 Å². The van der Waals surface area contributed by atoms with E-state index in [9.17, 15) is 14.7 Å². The summed E-state index contributed by atoms with van der Waals surface area (Å²) >= 11 is 3.38. The molecule has 2 aromatic carbocycles. The van der Waals surface area contributed by atoms with Gasteiger partial charge in [0.2, 0.25) is 0 Å². The van der Waals surface area contributed by atoms with Crippen LogP contribution in [0.1, 0.15) is 23.6 Å². The minimum atomic E-state index is -0.631. The number of aliphatic hydroxyl groups is 1. The summed E-state index contributed by atoms with van der Waals surface area (Å²) in [5.74, 6) is -1.32. The summed E-state index contributed by atoms with van der Waals surface area (Å²) in [7, 11) is 0. The van der Waals surface area contributed by atoms with Gasteiger partial charge >= 0.3 is 0 Å². The average molecular weight is 486 g/mol. The van der Waals surface area contributed by atoms with Crippen molar-refractivity contribution in [2.75, 3.05) is 39.4 Å². The number of quaternary nitrogens is 1. The quantitative estimate of drug-likeness (QED) is 0.373. The minimum absolute atomic E-state index is 0.138. The van der Waals surface area contributed by atoms with Gasteiger partial charge in [-0.25, -0.2) is 0 Å². The molecule has 2 aromatic rings. The van der Waals surface area contributed by atoms with Crippen LogP contribution in [-0.2, 0) is 14.3 Å². The van der Waals surface area contributed by atoms with Gasteiger partial charge in [0.15, 0.2) is 0 Å². The number of ketones is 1. The Hall–Kier alpha value is -2.48. The van der Waals surface area contributed by atoms with Gasteiger partial charge in [-0.05, 0) is 17.7 Å². The number of rotatable bonds is 6. The number of carbonyl (C=O) groups excluding carboxylic acids is 2. The van der Waals surface area contributed by atoms with E-state index in [1.807, 2.05) is 30.3 Å². The lowest BCUT2D eigenvalue weighted by molar-refractivity contribution is -0.908. The summed E-state index contributed by atoms with van der Waals surface area (Å²) in [6.07, 6.45) is 0.782. The van der Waals surface area contributed by atoms with Crippen LogP contribution in [0.4, 0.5) is 0 Å². The van der Waals surface area contributed by atoms with E-state index in [0.29, 0.717) is 12.1 Å². The maximum absolute atomic E-state index is 13.0. The van der Waals surface area contributed by atoms with E-state index in [0.717, 1.165) is 49.3 Å². The number of aliphatic hydroxyl groups excluding tert-OH is 1. The van der Waals surface area contributed by atoms with E-state index in [-0.39, 0.29) is 11.3 Å². The number of nitrogens with one attached hydrogen (secondary N) is 1. The Labute approximate surface area is 190 Å². The average Bonchev–Trinajstić information content (AvgIpc) is 3.05. The number of ether oxygens (including phenoxy) is 1. The Balaban J connectivity index is 1.64. The molecule has 31 heavy (non-hydrogen) atoms. The van der Waals surface area contributed by atoms with Crippen molar-refractivity contribution in [1.82, 2.24) is 4.90 Å². The molecule has 2 heterocycles. The molecule has 6 nitrogen and oxygen atoms in total. The molecule has 1 amide bonds. The molecule has 0 aliphatic carbocycles. The Morgan fingerprint density at radius 3 is 2.42 bits per heavy atom. The number of amides is 1. The van der Waals surface area contributed by atoms with Gasteiger partial charge in [0.25, 0.3) is 11.7 Å². The molecule has 0 bridgehead atoms. The molecule has 2 N–H and O–H groups in total. The molecule has 2 saturated heterocycles. The number of Topliss-reactive ketones (excluding diaryl/α,β-unsaturated/α-hetero) is 1. The zero-order valence-electron chi connectivity index (χ0n) is 17.2. The van der Waals surface area contributed by atoms with Crippen LogP contribution in [-0.4, -0.2) is 61.1 Å². The lowest BCUT2D eigenvalue weighted by atomic mass is 9.95. The second kappa shape index (κ2) is 9.77. The van der Waals surface area contributed by atoms with E-state index in [4.69, 9.17) is 4.74 Å². The lowest BCUT2D eigenvalue weighted by Gasteiger charge is -2.27. The summed E-state index contributed by atoms with van der Waals surface area (Å²) in [6.45, 7) is 4.83. The van der Waals surface area contributed by atoms with Crippen LogP contribution in [0.2, 0.25) is 0 Å². The predicted molar refractivity (Wildman–Crippen MR) is 121 cm³/mol. The van der Waals surface area contributed by atoms with Crippen LogP contribution in [0.3, 0.4) is 0 Å². The molecule has 7 heteroatoms. The number of morpholine rings is 1. The maximum Gasteiger partial charge on any atom is 0.295 e. The van der Waals surface area contributed by atoms with Gasteiger partial charge in [-0.3, -0.25) is 9.59 Å². The van der Waals surface area contributed by atoms with Gasteiger partial charge in [0, 0.05) is 23.0 Å². The molecule has 162 valence electrons. The SMILES string of the molecule is O=C1C(=O)N(CCC[NH+]2CCOCC2)[C@H](c2ccccc2)C1=C(O)c1ccc(Br)cc1. The van der Waals surface area contributed by atoms with E-state index >= 15 is 0 Å². The number of benzene rings is 2. The molecule has 1 atom stereocenters. The Bertz CT molecular complexity index is 969. The summed E-state index contributed by atoms with van der Waals surface area (Å²) in [4.78, 5) is 29.0. The third-order valence-electron chi connectivity index (χ3n) is 5.90. The Kier molecular flexibility index (Phi) is 6.85. The van der Waals surface area contributed by atoms with Gasteiger partial charge < -0.3 is 19.6 Å². The monoisotopic (exact) mass is 485 g/mol. The Morgan fingerprint density at radius 2 is 1.74 bits per heavy atom. The third kappa shape index (κ3) is 4.74. The highest BCUT2D eigenvalue weighted by Gasteiger charge is 2.45. The second-order valence-electron chi connectivity index (χ2n) is 7.88. The van der Waals surface area contributed by atoms with Crippen molar-refractivity contribution in [3.05, 3.63) is 75.8 Å². The van der Waals surface area contributed by atoms with Crippen LogP contribution >= 0.6 is 15.9 Å². The fourth-order valence-corrected chi connectivity index (χ4v) is 4.53. The van der Waals surface area contributed by atoms with Gasteiger partial charge in [-0.15, -0.1) is 0 Å². The van der Waals surface area contributed by atoms with Crippen LogP contribution in [0.15, 0.2) is 64.6 Å². The second-order valence-corrected chi connectivity index (χ2v) is 8.79. The number of halogens is 1. The highest BCUT2D eigenvalue weighted by Crippen LogP contribution is 2.39. The Morgan fingerprint density at radius 1 is 1.06 bits per heavy atom. The third-order valence-corrected chi connectivity index (χ3v) is 6.43. The molecule has 2 fully saturated rings. The van der Waals surface area contributed by atoms with Gasteiger partial charge in [0.1, 0.15) is 18.8 Å². The number of carbonyl (C=O) groups is 2. The first kappa shape index (κ1) is 21.7. The smallest absolute Gasteiger partial charge is 0.295 e. The molecule has 0 saturated carbocycles. The number of nitrogens with zero attached hydrogens (tertiary/aromatic N) is 1. The summed E-state index contributed by atoms with van der Waals surface area (Å²) in [5, 5.41) is 11.0. The summed E-state index contributed by atoms with van der Waals surface area (Å²) in [6, 6.07) is 15.9. The standard InChI is InChI=1S/C24H25BrN2O4/c25-19-9-7-18(8-10-19)22(28)20-21(17-5-2-1-3-6-17)27(24(30)23(20)29)12-4-11-26-13-15-31-16-14-26/h1-3,5-10,21,28H,4,11-16H2/p+1/t21-/m1/s1. The van der Waals surface area contributed by atoms with Crippen LogP contribution < -0.4 is 4.90 Å². The van der Waals surface area contributed by atoms with Crippen molar-refractivity contribution >= 4 is 33.4 Å². The van der Waals surface area contributed by atoms with E-state index < -0.39 is 17.7 Å². The fraction of sp³-hybridized carbons (Fsp3) is 0.333. The summed E-state index contributed by atoms with van der Waals surface area (Å²) in [5.41, 5.74) is 1.48. The lowest BCUT2D eigenvalue weighted by Crippen LogP contribution is -3.14. The zero-order chi connectivity index (χ0) is 21.8. The fourth-order valence-electron chi connectivity index (χ4n) is 4.27. The van der Waals surface area contributed by atoms with Crippen molar-refractivity contribution in [2.24, 2.45) is 0 Å². The highest BCUT2D eigenvalue weighted by atomic mass is 79.9. The molecule has 4 rings (SSSR count). The topological polar surface area (TPSA) is 71.3 Å². The van der Waals surface area contributed by atoms with Crippen molar-refractivity contribution in [2.45, 2.75) is 12.5 Å². The first-order valence-corrected chi connectivity index (χ1v) is 11.4. The van der Waals surface area contributed by atoms with Gasteiger partial charge in [-0.1, -0.05) is 58.4 Å². The molecule has 0 radical (unpaired) electrons. The molecular formula is C24H26BrN2O4+. The van der Waals surface area contributed by atoms with Crippen molar-refractivity contribution in [3.63, 3.8) is 0 Å². The molecule has 0 aromatic heterocycles. The number of hydrogen-bond donors (Lipinski definition) is 2. The molecule has 0 spiro atoms. The van der Waals surface area contributed by atoms with Crippen molar-refractivity contribution in [3.8, 4) is 0 Å². The van der Waals surface area contributed by atoms with Crippen LogP contribution in [0.25, 0.3) is 5.76 Å². The molecule has 2 aliphatic heterocycles. The van der Waals surface area contributed by atoms with E-state index in [1.165, 1.54) is 4.90 Å². The largest absolute Gasteiger partial charge is 0.507 e. The van der Waals surface area contributed by atoms with Crippen molar-refractivity contribution < 1.29 is 24.3 Å². The molecular weight excluding hydrogens is 460 g/mol. The first-order chi connectivity index (χ1) is 15.1. The number of hydrogen-bond acceptors (Lipinski definition) is 4. The van der Waals surface area contributed by atoms with Crippen LogP contribution in [0.5, 0.6) is 0 Å². The zero-order valence-corrected chi connectivity index (χ0v) is 18.8. The highest BCUT2D eigenvalue weighted by molar-refractivity contribution is 9.10. The first-order valence-electron chi connectivity index (χ1n) is 10.6.